The Hall–Kier alpha value is -0.930. The van der Waals surface area contributed by atoms with Gasteiger partial charge in [-0.05, 0) is 45.4 Å². The molecule has 1 fully saturated rings. The summed E-state index contributed by atoms with van der Waals surface area (Å²) >= 11 is 0. The van der Waals surface area contributed by atoms with Crippen LogP contribution in [0.1, 0.15) is 30.8 Å². The lowest BCUT2D eigenvalue weighted by Crippen LogP contribution is -2.48. The molecule has 0 bridgehead atoms. The molecule has 0 spiro atoms. The molecule has 2 rings (SSSR count). The molecule has 0 aromatic carbocycles. The van der Waals surface area contributed by atoms with Crippen molar-refractivity contribution in [2.45, 2.75) is 40.3 Å². The molecule has 18 heavy (non-hydrogen) atoms. The van der Waals surface area contributed by atoms with Gasteiger partial charge in [0, 0.05) is 50.2 Å². The van der Waals surface area contributed by atoms with Crippen molar-refractivity contribution < 1.29 is 0 Å². The van der Waals surface area contributed by atoms with Gasteiger partial charge in [0.15, 0.2) is 0 Å². The van der Waals surface area contributed by atoms with Gasteiger partial charge in [-0.2, -0.15) is 0 Å². The number of hydrogen-bond acceptors (Lipinski definition) is 3. The second-order valence-corrected chi connectivity index (χ2v) is 5.66. The van der Waals surface area contributed by atoms with Gasteiger partial charge in [-0.15, -0.1) is 0 Å². The molecule has 0 radical (unpaired) electrons. The minimum atomic E-state index is 0.678. The summed E-state index contributed by atoms with van der Waals surface area (Å²) in [5.41, 5.74) is 3.66. The van der Waals surface area contributed by atoms with E-state index in [0.29, 0.717) is 6.04 Å². The van der Waals surface area contributed by atoms with Crippen LogP contribution in [0.3, 0.4) is 0 Å². The Morgan fingerprint density at radius 1 is 1.06 bits per heavy atom. The summed E-state index contributed by atoms with van der Waals surface area (Å²) in [6, 6.07) is 5.10. The molecule has 2 heterocycles. The highest BCUT2D eigenvalue weighted by molar-refractivity contribution is 5.20. The van der Waals surface area contributed by atoms with Crippen molar-refractivity contribution in [1.29, 1.82) is 0 Å². The van der Waals surface area contributed by atoms with Crippen molar-refractivity contribution in [2.75, 3.05) is 26.2 Å². The molecule has 0 N–H and O–H groups in total. The molecule has 0 aliphatic carbocycles. The summed E-state index contributed by atoms with van der Waals surface area (Å²) < 4.78 is 0. The lowest BCUT2D eigenvalue weighted by atomic mass is 10.1. The molecule has 1 aliphatic rings. The van der Waals surface area contributed by atoms with Gasteiger partial charge in [-0.1, -0.05) is 0 Å². The largest absolute Gasteiger partial charge is 0.298 e. The molecule has 0 unspecified atom stereocenters. The lowest BCUT2D eigenvalue weighted by Gasteiger charge is -2.37. The molecular weight excluding hydrogens is 222 g/mol. The maximum atomic E-state index is 4.44. The highest BCUT2D eigenvalue weighted by Gasteiger charge is 2.18. The standard InChI is InChI=1S/C15H25N3/c1-12(2)18-7-5-17(6-8-18)11-15-9-13(3)16-14(4)10-15/h9-10,12H,5-8,11H2,1-4H3. The third-order valence-electron chi connectivity index (χ3n) is 3.68. The first-order chi connectivity index (χ1) is 8.54. The normalized spacial score (nSPS) is 18.5. The van der Waals surface area contributed by atoms with Gasteiger partial charge in [-0.3, -0.25) is 14.8 Å². The molecule has 1 aromatic heterocycles. The van der Waals surface area contributed by atoms with Gasteiger partial charge in [0.25, 0.3) is 0 Å². The van der Waals surface area contributed by atoms with E-state index in [1.807, 2.05) is 0 Å². The molecule has 3 heteroatoms. The Balaban J connectivity index is 1.91. The fourth-order valence-electron chi connectivity index (χ4n) is 2.71. The zero-order valence-electron chi connectivity index (χ0n) is 12.1. The highest BCUT2D eigenvalue weighted by atomic mass is 15.3. The van der Waals surface area contributed by atoms with Crippen LogP contribution in [0.15, 0.2) is 12.1 Å². The maximum Gasteiger partial charge on any atom is 0.0379 e. The van der Waals surface area contributed by atoms with Crippen LogP contribution < -0.4 is 0 Å². The molecule has 1 saturated heterocycles. The maximum absolute atomic E-state index is 4.44. The van der Waals surface area contributed by atoms with Crippen LogP contribution in [-0.4, -0.2) is 47.0 Å². The van der Waals surface area contributed by atoms with Crippen molar-refractivity contribution >= 4 is 0 Å². The first kappa shape index (κ1) is 13.5. The number of pyridine rings is 1. The quantitative estimate of drug-likeness (QED) is 0.816. The second-order valence-electron chi connectivity index (χ2n) is 5.66. The molecule has 3 nitrogen and oxygen atoms in total. The highest BCUT2D eigenvalue weighted by Crippen LogP contribution is 2.12. The van der Waals surface area contributed by atoms with Gasteiger partial charge in [0.05, 0.1) is 0 Å². The topological polar surface area (TPSA) is 19.4 Å². The van der Waals surface area contributed by atoms with Crippen LogP contribution in [0, 0.1) is 13.8 Å². The Bertz CT molecular complexity index is 372. The molecule has 1 aromatic rings. The Morgan fingerprint density at radius 2 is 1.61 bits per heavy atom. The molecule has 0 amide bonds. The van der Waals surface area contributed by atoms with Crippen molar-refractivity contribution in [3.8, 4) is 0 Å². The Morgan fingerprint density at radius 3 is 2.11 bits per heavy atom. The van der Waals surface area contributed by atoms with Crippen LogP contribution in [0.5, 0.6) is 0 Å². The van der Waals surface area contributed by atoms with E-state index in [9.17, 15) is 0 Å². The first-order valence-electron chi connectivity index (χ1n) is 6.95. The molecular formula is C15H25N3. The van der Waals surface area contributed by atoms with E-state index >= 15 is 0 Å². The summed E-state index contributed by atoms with van der Waals surface area (Å²) in [7, 11) is 0. The van der Waals surface area contributed by atoms with Crippen LogP contribution in [-0.2, 0) is 6.54 Å². The van der Waals surface area contributed by atoms with Crippen molar-refractivity contribution in [2.24, 2.45) is 0 Å². The predicted molar refractivity (Wildman–Crippen MR) is 75.7 cm³/mol. The van der Waals surface area contributed by atoms with E-state index in [1.54, 1.807) is 0 Å². The van der Waals surface area contributed by atoms with E-state index in [1.165, 1.54) is 31.7 Å². The average Bonchev–Trinajstić information content (AvgIpc) is 2.28. The minimum Gasteiger partial charge on any atom is -0.298 e. The number of aryl methyl sites for hydroxylation is 2. The van der Waals surface area contributed by atoms with Gasteiger partial charge in [-0.25, -0.2) is 0 Å². The molecule has 100 valence electrons. The number of nitrogens with zero attached hydrogens (tertiary/aromatic N) is 3. The summed E-state index contributed by atoms with van der Waals surface area (Å²) in [6.45, 7) is 14.5. The van der Waals surface area contributed by atoms with E-state index in [0.717, 1.165) is 17.9 Å². The average molecular weight is 247 g/mol. The summed E-state index contributed by atoms with van der Waals surface area (Å²) in [4.78, 5) is 9.54. The first-order valence-corrected chi connectivity index (χ1v) is 6.95. The summed E-state index contributed by atoms with van der Waals surface area (Å²) in [5, 5.41) is 0. The minimum absolute atomic E-state index is 0.678. The summed E-state index contributed by atoms with van der Waals surface area (Å²) in [6.07, 6.45) is 0. The van der Waals surface area contributed by atoms with E-state index in [-0.39, 0.29) is 0 Å². The van der Waals surface area contributed by atoms with Crippen molar-refractivity contribution in [3.05, 3.63) is 29.1 Å². The van der Waals surface area contributed by atoms with Crippen molar-refractivity contribution in [3.63, 3.8) is 0 Å². The van der Waals surface area contributed by atoms with Crippen LogP contribution in [0.2, 0.25) is 0 Å². The van der Waals surface area contributed by atoms with Crippen LogP contribution >= 0.6 is 0 Å². The number of piperazine rings is 1. The predicted octanol–water partition coefficient (Wildman–Crippen LogP) is 2.22. The van der Waals surface area contributed by atoms with E-state index in [2.05, 4.69) is 54.6 Å². The van der Waals surface area contributed by atoms with Gasteiger partial charge < -0.3 is 0 Å². The zero-order chi connectivity index (χ0) is 13.1. The fourth-order valence-corrected chi connectivity index (χ4v) is 2.71. The Kier molecular flexibility index (Phi) is 4.36. The van der Waals surface area contributed by atoms with Gasteiger partial charge >= 0.3 is 0 Å². The van der Waals surface area contributed by atoms with E-state index in [4.69, 9.17) is 0 Å². The van der Waals surface area contributed by atoms with Crippen LogP contribution in [0.25, 0.3) is 0 Å². The van der Waals surface area contributed by atoms with Gasteiger partial charge in [0.1, 0.15) is 0 Å². The number of aromatic nitrogens is 1. The fraction of sp³-hybridized carbons (Fsp3) is 0.667. The summed E-state index contributed by atoms with van der Waals surface area (Å²) in [5.74, 6) is 0. The Labute approximate surface area is 111 Å². The van der Waals surface area contributed by atoms with Gasteiger partial charge in [0.2, 0.25) is 0 Å². The monoisotopic (exact) mass is 247 g/mol. The molecule has 1 aliphatic heterocycles. The van der Waals surface area contributed by atoms with Crippen molar-refractivity contribution in [1.82, 2.24) is 14.8 Å². The second kappa shape index (κ2) is 5.81. The molecule has 0 saturated carbocycles. The zero-order valence-corrected chi connectivity index (χ0v) is 12.1. The SMILES string of the molecule is Cc1cc(CN2CCN(C(C)C)CC2)cc(C)n1. The van der Waals surface area contributed by atoms with Crippen LogP contribution in [0.4, 0.5) is 0 Å². The number of rotatable bonds is 3. The third kappa shape index (κ3) is 3.53. The smallest absolute Gasteiger partial charge is 0.0379 e. The number of hydrogen-bond donors (Lipinski definition) is 0. The van der Waals surface area contributed by atoms with E-state index < -0.39 is 0 Å². The third-order valence-corrected chi connectivity index (χ3v) is 3.68. The molecule has 0 atom stereocenters. The lowest BCUT2D eigenvalue weighted by molar-refractivity contribution is 0.104.